The Balaban J connectivity index is 0. The van der Waals surface area contributed by atoms with Gasteiger partial charge in [0.2, 0.25) is 0 Å². The topological polar surface area (TPSA) is 127 Å². The number of likely N-dealkylation sites (N-methyl/N-ethyl adjacent to an activating group) is 2. The van der Waals surface area contributed by atoms with E-state index in [1.54, 1.807) is 28.2 Å². The number of carbonyl (C=O) groups is 2. The summed E-state index contributed by atoms with van der Waals surface area (Å²) in [5.74, 6) is -0.260. The predicted molar refractivity (Wildman–Crippen MR) is 116 cm³/mol. The molecule has 0 aliphatic heterocycles. The molecular weight excluding hydrogens is 436 g/mol. The van der Waals surface area contributed by atoms with Gasteiger partial charge in [-0.2, -0.15) is 16.8 Å². The fraction of sp³-hybridized carbons (Fsp3) is 0.889. The van der Waals surface area contributed by atoms with Crippen LogP contribution >= 0.6 is 0 Å². The monoisotopic (exact) mass is 474 g/mol. The molecule has 0 radical (unpaired) electrons. The highest BCUT2D eigenvalue weighted by Gasteiger charge is 2.27. The van der Waals surface area contributed by atoms with Gasteiger partial charge in [-0.15, -0.1) is 0 Å². The molecule has 0 heterocycles. The molecule has 0 aromatic carbocycles. The molecule has 0 aromatic rings. The Morgan fingerprint density at radius 3 is 1.03 bits per heavy atom. The van der Waals surface area contributed by atoms with Crippen LogP contribution in [-0.4, -0.2) is 91.4 Å². The molecule has 0 aromatic heterocycles. The first-order valence-corrected chi connectivity index (χ1v) is 13.1. The first kappa shape index (κ1) is 30.9. The highest BCUT2D eigenvalue weighted by Crippen LogP contribution is 2.13. The van der Waals surface area contributed by atoms with Crippen LogP contribution in [0.3, 0.4) is 0 Å². The first-order chi connectivity index (χ1) is 13.3. The zero-order valence-electron chi connectivity index (χ0n) is 19.7. The van der Waals surface area contributed by atoms with Crippen molar-refractivity contribution in [3.63, 3.8) is 0 Å². The summed E-state index contributed by atoms with van der Waals surface area (Å²) >= 11 is 0. The lowest BCUT2D eigenvalue weighted by molar-refractivity contribution is -0.137. The number of hydrogen-bond acceptors (Lipinski definition) is 8. The van der Waals surface area contributed by atoms with Gasteiger partial charge in [0.25, 0.3) is 32.1 Å². The van der Waals surface area contributed by atoms with Crippen molar-refractivity contribution in [2.24, 2.45) is 11.8 Å². The normalized spacial score (nSPS) is 14.0. The second-order valence-electron chi connectivity index (χ2n) is 8.30. The van der Waals surface area contributed by atoms with E-state index in [0.717, 1.165) is 12.5 Å². The van der Waals surface area contributed by atoms with Crippen LogP contribution in [0.1, 0.15) is 40.5 Å². The molecule has 0 saturated carbocycles. The van der Waals surface area contributed by atoms with E-state index in [9.17, 15) is 26.4 Å². The standard InChI is InChI=1S/2C9H19NO4S/c2*1-7(2)6-8(9(11)10(3)4)14-15(5,12)13/h2*7-8H,6H2,1-5H3/t2*8-/m10/s1. The third kappa shape index (κ3) is 16.5. The van der Waals surface area contributed by atoms with Crippen LogP contribution in [-0.2, 0) is 38.2 Å². The minimum Gasteiger partial charge on any atom is -0.347 e. The Bertz CT molecular complexity index is 680. The minimum absolute atomic E-state index is 0.195. The number of rotatable bonds is 10. The molecule has 0 aliphatic rings. The van der Waals surface area contributed by atoms with Crippen LogP contribution in [0.25, 0.3) is 0 Å². The molecule has 0 spiro atoms. The summed E-state index contributed by atoms with van der Waals surface area (Å²) < 4.78 is 53.3. The minimum atomic E-state index is -3.59. The molecule has 0 unspecified atom stereocenters. The summed E-state index contributed by atoms with van der Waals surface area (Å²) in [5.41, 5.74) is 0. The highest BCUT2D eigenvalue weighted by atomic mass is 32.2. The van der Waals surface area contributed by atoms with E-state index in [0.29, 0.717) is 12.8 Å². The molecule has 180 valence electrons. The van der Waals surface area contributed by atoms with Crippen molar-refractivity contribution in [1.82, 2.24) is 9.80 Å². The molecular formula is C18H38N2O8S2. The van der Waals surface area contributed by atoms with Crippen LogP contribution in [0.5, 0.6) is 0 Å². The van der Waals surface area contributed by atoms with Crippen molar-refractivity contribution in [2.45, 2.75) is 52.7 Å². The zero-order chi connectivity index (χ0) is 24.4. The molecule has 10 nitrogen and oxygen atoms in total. The van der Waals surface area contributed by atoms with Crippen LogP contribution in [0.15, 0.2) is 0 Å². The average Bonchev–Trinajstić information content (AvgIpc) is 2.48. The Labute approximate surface area is 182 Å². The van der Waals surface area contributed by atoms with Gasteiger partial charge in [0.15, 0.2) is 12.2 Å². The van der Waals surface area contributed by atoms with E-state index >= 15 is 0 Å². The van der Waals surface area contributed by atoms with Gasteiger partial charge in [0, 0.05) is 28.2 Å². The number of hydrogen-bond donors (Lipinski definition) is 0. The van der Waals surface area contributed by atoms with Gasteiger partial charge in [0.05, 0.1) is 12.5 Å². The molecule has 0 N–H and O–H groups in total. The molecule has 0 bridgehead atoms. The Kier molecular flexibility index (Phi) is 13.7. The quantitative estimate of drug-likeness (QED) is 0.428. The zero-order valence-corrected chi connectivity index (χ0v) is 21.3. The number of amides is 2. The van der Waals surface area contributed by atoms with Crippen molar-refractivity contribution in [3.05, 3.63) is 0 Å². The largest absolute Gasteiger partial charge is 0.347 e. The summed E-state index contributed by atoms with van der Waals surface area (Å²) in [6.07, 6.45) is 0.866. The molecule has 2 amide bonds. The van der Waals surface area contributed by atoms with Gasteiger partial charge in [-0.05, 0) is 24.7 Å². The van der Waals surface area contributed by atoms with E-state index in [4.69, 9.17) is 8.37 Å². The van der Waals surface area contributed by atoms with Gasteiger partial charge < -0.3 is 9.80 Å². The van der Waals surface area contributed by atoms with Crippen molar-refractivity contribution in [2.75, 3.05) is 40.7 Å². The number of nitrogens with zero attached hydrogens (tertiary/aromatic N) is 2. The second kappa shape index (κ2) is 13.2. The third-order valence-electron chi connectivity index (χ3n) is 3.39. The third-order valence-corrected chi connectivity index (χ3v) is 4.55. The fourth-order valence-electron chi connectivity index (χ4n) is 2.22. The molecule has 12 heteroatoms. The molecule has 0 fully saturated rings. The predicted octanol–water partition coefficient (Wildman–Crippen LogP) is 0.931. The Morgan fingerprint density at radius 1 is 0.667 bits per heavy atom. The summed E-state index contributed by atoms with van der Waals surface area (Å²) in [6.45, 7) is 7.62. The SMILES string of the molecule is CC(C)C[C@@H](OS(C)(=O)=O)C(=O)N(C)C.CC(C)C[C@H](OS(C)(=O)=O)C(=O)N(C)C. The van der Waals surface area contributed by atoms with Gasteiger partial charge in [-0.1, -0.05) is 27.7 Å². The van der Waals surface area contributed by atoms with E-state index in [2.05, 4.69) is 0 Å². The maximum absolute atomic E-state index is 11.6. The maximum atomic E-state index is 11.6. The summed E-state index contributed by atoms with van der Waals surface area (Å²) in [7, 11) is -0.907. The average molecular weight is 475 g/mol. The fourth-order valence-corrected chi connectivity index (χ4v) is 3.38. The summed E-state index contributed by atoms with van der Waals surface area (Å²) in [4.78, 5) is 25.8. The Morgan fingerprint density at radius 2 is 0.900 bits per heavy atom. The molecule has 0 rings (SSSR count). The first-order valence-electron chi connectivity index (χ1n) is 9.45. The van der Waals surface area contributed by atoms with Gasteiger partial charge in [0.1, 0.15) is 0 Å². The number of carbonyl (C=O) groups excluding carboxylic acids is 2. The van der Waals surface area contributed by atoms with Crippen molar-refractivity contribution in [3.8, 4) is 0 Å². The highest BCUT2D eigenvalue weighted by molar-refractivity contribution is 7.86. The van der Waals surface area contributed by atoms with E-state index in [1.165, 1.54) is 9.80 Å². The van der Waals surface area contributed by atoms with Crippen LogP contribution in [0.2, 0.25) is 0 Å². The van der Waals surface area contributed by atoms with Crippen LogP contribution in [0.4, 0.5) is 0 Å². The smallest absolute Gasteiger partial charge is 0.265 e. The molecule has 0 saturated heterocycles. The van der Waals surface area contributed by atoms with E-state index in [1.807, 2.05) is 27.7 Å². The lowest BCUT2D eigenvalue weighted by Gasteiger charge is -2.21. The van der Waals surface area contributed by atoms with Crippen molar-refractivity contribution < 1.29 is 34.8 Å². The van der Waals surface area contributed by atoms with Gasteiger partial charge >= 0.3 is 0 Å². The van der Waals surface area contributed by atoms with Crippen molar-refractivity contribution >= 4 is 32.1 Å². The van der Waals surface area contributed by atoms with Gasteiger partial charge in [-0.3, -0.25) is 18.0 Å². The molecule has 30 heavy (non-hydrogen) atoms. The van der Waals surface area contributed by atoms with Crippen LogP contribution in [0, 0.1) is 11.8 Å². The van der Waals surface area contributed by atoms with Crippen molar-refractivity contribution in [1.29, 1.82) is 0 Å². The Hall–Kier alpha value is -1.24. The van der Waals surface area contributed by atoms with Gasteiger partial charge in [-0.25, -0.2) is 0 Å². The lowest BCUT2D eigenvalue weighted by Crippen LogP contribution is -2.37. The maximum Gasteiger partial charge on any atom is 0.265 e. The second-order valence-corrected chi connectivity index (χ2v) is 11.5. The molecule has 2 atom stereocenters. The lowest BCUT2D eigenvalue weighted by atomic mass is 10.1. The molecule has 0 aliphatic carbocycles. The summed E-state index contributed by atoms with van der Waals surface area (Å²) in [6, 6.07) is 0. The van der Waals surface area contributed by atoms with E-state index < -0.39 is 32.4 Å². The summed E-state index contributed by atoms with van der Waals surface area (Å²) in [5, 5.41) is 0. The van der Waals surface area contributed by atoms with Crippen LogP contribution < -0.4 is 0 Å². The van der Waals surface area contributed by atoms with E-state index in [-0.39, 0.29) is 23.7 Å².